The van der Waals surface area contributed by atoms with E-state index < -0.39 is 6.10 Å². The summed E-state index contributed by atoms with van der Waals surface area (Å²) in [5.74, 6) is 0.279. The minimum absolute atomic E-state index is 0.208. The first-order valence-corrected chi connectivity index (χ1v) is 11.3. The number of benzene rings is 1. The molecule has 0 spiro atoms. The summed E-state index contributed by atoms with van der Waals surface area (Å²) in [7, 11) is 0. The third kappa shape index (κ3) is 5.02. The van der Waals surface area contributed by atoms with Crippen LogP contribution in [0.5, 0.6) is 5.75 Å². The highest BCUT2D eigenvalue weighted by Crippen LogP contribution is 2.23. The zero-order valence-electron chi connectivity index (χ0n) is 18.4. The van der Waals surface area contributed by atoms with Gasteiger partial charge in [0.05, 0.1) is 18.8 Å². The lowest BCUT2D eigenvalue weighted by Gasteiger charge is -2.31. The lowest BCUT2D eigenvalue weighted by molar-refractivity contribution is 0.0498. The quantitative estimate of drug-likeness (QED) is 0.618. The zero-order chi connectivity index (χ0) is 22.6. The first-order chi connectivity index (χ1) is 16.2. The number of carbonyl (C=O) groups excluding carboxylic acids is 1. The molecule has 8 nitrogen and oxygen atoms in total. The summed E-state index contributed by atoms with van der Waals surface area (Å²) < 4.78 is 5.79. The minimum atomic E-state index is -0.646. The fraction of sp³-hybridized carbons (Fsp3) is 0.360. The maximum absolute atomic E-state index is 13.3. The van der Waals surface area contributed by atoms with Crippen molar-refractivity contribution in [2.45, 2.75) is 25.5 Å². The molecule has 170 valence electrons. The van der Waals surface area contributed by atoms with E-state index >= 15 is 0 Å². The van der Waals surface area contributed by atoms with E-state index in [0.717, 1.165) is 30.8 Å². The first kappa shape index (κ1) is 21.5. The molecule has 0 saturated carbocycles. The van der Waals surface area contributed by atoms with Crippen LogP contribution >= 0.6 is 0 Å². The van der Waals surface area contributed by atoms with Crippen LogP contribution in [0.2, 0.25) is 0 Å². The molecule has 0 fully saturated rings. The molecule has 4 heterocycles. The van der Waals surface area contributed by atoms with Crippen molar-refractivity contribution in [3.63, 3.8) is 0 Å². The maximum atomic E-state index is 13.3. The van der Waals surface area contributed by atoms with Gasteiger partial charge in [-0.1, -0.05) is 24.3 Å². The molecule has 3 aromatic rings. The normalized spacial score (nSPS) is 17.0. The monoisotopic (exact) mass is 445 g/mol. The summed E-state index contributed by atoms with van der Waals surface area (Å²) in [6.07, 6.45) is 4.21. The van der Waals surface area contributed by atoms with Gasteiger partial charge in [-0.25, -0.2) is 4.98 Å². The first-order valence-electron chi connectivity index (χ1n) is 11.3. The van der Waals surface area contributed by atoms with Crippen LogP contribution in [0.4, 0.5) is 0 Å². The molecule has 1 amide bonds. The average molecular weight is 446 g/mol. The molecule has 1 N–H and O–H groups in total. The van der Waals surface area contributed by atoms with Crippen molar-refractivity contribution in [3.05, 3.63) is 82.9 Å². The van der Waals surface area contributed by atoms with Crippen molar-refractivity contribution in [1.29, 1.82) is 0 Å². The molecule has 0 bridgehead atoms. The van der Waals surface area contributed by atoms with Gasteiger partial charge in [0.2, 0.25) is 0 Å². The van der Waals surface area contributed by atoms with Crippen molar-refractivity contribution >= 4 is 5.91 Å². The van der Waals surface area contributed by atoms with Gasteiger partial charge >= 0.3 is 0 Å². The fourth-order valence-electron chi connectivity index (χ4n) is 4.50. The SMILES string of the molecule is O=C1c2nc(Cc3ccnnc3)ccc2OCCN1CC(O)CN1CCc2ccccc2C1. The van der Waals surface area contributed by atoms with Crippen LogP contribution in [0.3, 0.4) is 0 Å². The van der Waals surface area contributed by atoms with Crippen molar-refractivity contribution < 1.29 is 14.6 Å². The second-order valence-electron chi connectivity index (χ2n) is 8.58. The smallest absolute Gasteiger partial charge is 0.276 e. The van der Waals surface area contributed by atoms with Crippen LogP contribution in [0.25, 0.3) is 0 Å². The van der Waals surface area contributed by atoms with Gasteiger partial charge in [0, 0.05) is 44.5 Å². The molecular weight excluding hydrogens is 418 g/mol. The maximum Gasteiger partial charge on any atom is 0.276 e. The fourth-order valence-corrected chi connectivity index (χ4v) is 4.50. The predicted octanol–water partition coefficient (Wildman–Crippen LogP) is 1.72. The standard InChI is InChI=1S/C25H27N5O3/c31-22(16-29-10-8-19-3-1-2-4-20(19)15-29)17-30-11-12-33-23-6-5-21(28-24(23)25(30)32)13-18-7-9-26-27-14-18/h1-7,9,14,22,31H,8,10-13,15-17H2. The Morgan fingerprint density at radius 1 is 1.03 bits per heavy atom. The molecule has 0 saturated heterocycles. The van der Waals surface area contributed by atoms with Gasteiger partial charge in [0.25, 0.3) is 5.91 Å². The molecular formula is C25H27N5O3. The van der Waals surface area contributed by atoms with Gasteiger partial charge in [-0.15, -0.1) is 0 Å². The number of amides is 1. The Morgan fingerprint density at radius 2 is 1.91 bits per heavy atom. The Bertz CT molecular complexity index is 1120. The molecule has 2 aliphatic heterocycles. The largest absolute Gasteiger partial charge is 0.489 e. The lowest BCUT2D eigenvalue weighted by Crippen LogP contribution is -2.44. The highest BCUT2D eigenvalue weighted by atomic mass is 16.5. The molecule has 1 unspecified atom stereocenters. The van der Waals surface area contributed by atoms with Gasteiger partial charge in [-0.05, 0) is 41.3 Å². The number of nitrogens with zero attached hydrogens (tertiary/aromatic N) is 5. The van der Waals surface area contributed by atoms with E-state index in [2.05, 4.69) is 44.3 Å². The number of aliphatic hydroxyl groups excluding tert-OH is 1. The van der Waals surface area contributed by atoms with Gasteiger partial charge in [-0.3, -0.25) is 9.69 Å². The number of pyridine rings is 1. The van der Waals surface area contributed by atoms with Crippen LogP contribution < -0.4 is 4.74 Å². The third-order valence-corrected chi connectivity index (χ3v) is 6.16. The highest BCUT2D eigenvalue weighted by molar-refractivity contribution is 5.95. The van der Waals surface area contributed by atoms with E-state index in [9.17, 15) is 9.90 Å². The number of aromatic nitrogens is 3. The van der Waals surface area contributed by atoms with Crippen molar-refractivity contribution in [1.82, 2.24) is 25.0 Å². The Labute approximate surface area is 192 Å². The van der Waals surface area contributed by atoms with Gasteiger partial charge in [-0.2, -0.15) is 10.2 Å². The number of fused-ring (bicyclic) bond motifs is 2. The topological polar surface area (TPSA) is 91.7 Å². The molecule has 2 aliphatic rings. The summed E-state index contributed by atoms with van der Waals surface area (Å²) in [6, 6.07) is 14.0. The van der Waals surface area contributed by atoms with Crippen molar-refractivity contribution in [2.75, 3.05) is 32.8 Å². The summed E-state index contributed by atoms with van der Waals surface area (Å²) in [4.78, 5) is 21.8. The van der Waals surface area contributed by atoms with Crippen molar-refractivity contribution in [2.24, 2.45) is 0 Å². The predicted molar refractivity (Wildman–Crippen MR) is 122 cm³/mol. The summed E-state index contributed by atoms with van der Waals surface area (Å²) in [5, 5.41) is 18.5. The average Bonchev–Trinajstić information content (AvgIpc) is 2.98. The Kier molecular flexibility index (Phi) is 6.28. The van der Waals surface area contributed by atoms with Crippen LogP contribution in [0, 0.1) is 0 Å². The minimum Gasteiger partial charge on any atom is -0.489 e. The molecule has 8 heteroatoms. The second-order valence-corrected chi connectivity index (χ2v) is 8.58. The number of hydrogen-bond acceptors (Lipinski definition) is 7. The van der Waals surface area contributed by atoms with E-state index in [4.69, 9.17) is 4.74 Å². The Morgan fingerprint density at radius 3 is 2.76 bits per heavy atom. The van der Waals surface area contributed by atoms with Gasteiger partial charge in [0.1, 0.15) is 6.61 Å². The molecule has 2 aromatic heterocycles. The lowest BCUT2D eigenvalue weighted by atomic mass is 10.00. The molecule has 5 rings (SSSR count). The van der Waals surface area contributed by atoms with Crippen LogP contribution in [0.1, 0.15) is 32.9 Å². The zero-order valence-corrected chi connectivity index (χ0v) is 18.4. The van der Waals surface area contributed by atoms with E-state index in [1.807, 2.05) is 12.1 Å². The summed E-state index contributed by atoms with van der Waals surface area (Å²) >= 11 is 0. The Hall–Kier alpha value is -3.36. The molecule has 0 aliphatic carbocycles. The number of aliphatic hydroxyl groups is 1. The molecule has 1 atom stereocenters. The van der Waals surface area contributed by atoms with E-state index in [0.29, 0.717) is 37.6 Å². The highest BCUT2D eigenvalue weighted by Gasteiger charge is 2.28. The number of β-amino-alcohol motifs (C(OH)–C–C–N with tert-alkyl or cyclic N) is 1. The van der Waals surface area contributed by atoms with E-state index in [1.165, 1.54) is 11.1 Å². The van der Waals surface area contributed by atoms with Gasteiger partial charge < -0.3 is 14.7 Å². The third-order valence-electron chi connectivity index (χ3n) is 6.16. The molecule has 0 radical (unpaired) electrons. The van der Waals surface area contributed by atoms with Gasteiger partial charge in [0.15, 0.2) is 11.4 Å². The Balaban J connectivity index is 1.24. The number of ether oxygens (including phenoxy) is 1. The number of rotatable bonds is 6. The van der Waals surface area contributed by atoms with Crippen LogP contribution in [-0.4, -0.2) is 74.9 Å². The number of hydrogen-bond donors (Lipinski definition) is 1. The second kappa shape index (κ2) is 9.64. The summed E-state index contributed by atoms with van der Waals surface area (Å²) in [5.41, 5.74) is 4.71. The summed E-state index contributed by atoms with van der Waals surface area (Å²) in [6.45, 7) is 3.29. The van der Waals surface area contributed by atoms with Crippen molar-refractivity contribution in [3.8, 4) is 5.75 Å². The van der Waals surface area contributed by atoms with E-state index in [-0.39, 0.29) is 12.5 Å². The number of carbonyl (C=O) groups is 1. The van der Waals surface area contributed by atoms with E-state index in [1.54, 1.807) is 23.4 Å². The molecule has 33 heavy (non-hydrogen) atoms. The van der Waals surface area contributed by atoms with Crippen LogP contribution in [-0.2, 0) is 19.4 Å². The van der Waals surface area contributed by atoms with Crippen LogP contribution in [0.15, 0.2) is 54.9 Å². The molecule has 1 aromatic carbocycles.